The van der Waals surface area contributed by atoms with E-state index in [1.807, 2.05) is 0 Å². The fraction of sp³-hybridized carbons (Fsp3) is 0.250. The Kier molecular flexibility index (Phi) is 6.03. The van der Waals surface area contributed by atoms with Gasteiger partial charge in [0, 0.05) is 12.1 Å². The van der Waals surface area contributed by atoms with Gasteiger partial charge in [0.05, 0.1) is 21.3 Å². The number of benzene rings is 2. The molecule has 2 aromatic carbocycles. The third-order valence-electron chi connectivity index (χ3n) is 2.91. The Balaban J connectivity index is 2.27. The standard InChI is InChI=1S/C16H15F3IO4/c1-21-12-8-13(22-2)15(14(9-12)23-3)20-10-4-6-11(7-5-10)24-16(17,18)19/h4-9H,1-3H3/q+1. The van der Waals surface area contributed by atoms with Gasteiger partial charge in [0.2, 0.25) is 0 Å². The van der Waals surface area contributed by atoms with E-state index in [0.717, 1.165) is 7.14 Å². The van der Waals surface area contributed by atoms with E-state index in [0.29, 0.717) is 17.2 Å². The lowest BCUT2D eigenvalue weighted by Crippen LogP contribution is -3.61. The second-order valence-corrected chi connectivity index (χ2v) is 7.31. The molecule has 0 aliphatic heterocycles. The van der Waals surface area contributed by atoms with Crippen LogP contribution in [0.25, 0.3) is 0 Å². The van der Waals surface area contributed by atoms with Gasteiger partial charge in [-0.05, 0) is 24.3 Å². The highest BCUT2D eigenvalue weighted by atomic mass is 127. The zero-order valence-electron chi connectivity index (χ0n) is 13.1. The van der Waals surface area contributed by atoms with Crippen LogP contribution in [0.15, 0.2) is 36.4 Å². The molecular formula is C16H15F3IO4+. The van der Waals surface area contributed by atoms with Crippen molar-refractivity contribution in [3.05, 3.63) is 43.5 Å². The number of alkyl halides is 3. The first-order valence-electron chi connectivity index (χ1n) is 6.67. The summed E-state index contributed by atoms with van der Waals surface area (Å²) in [5.41, 5.74) is 0. The molecule has 0 saturated carbocycles. The highest BCUT2D eigenvalue weighted by Gasteiger charge is 2.32. The average Bonchev–Trinajstić information content (AvgIpc) is 2.55. The normalized spacial score (nSPS) is 11.1. The fourth-order valence-corrected chi connectivity index (χ4v) is 4.49. The molecule has 0 aliphatic rings. The molecule has 0 amide bonds. The summed E-state index contributed by atoms with van der Waals surface area (Å²) in [4.78, 5) is 0. The van der Waals surface area contributed by atoms with Gasteiger partial charge in [-0.2, -0.15) is 0 Å². The first-order chi connectivity index (χ1) is 11.4. The van der Waals surface area contributed by atoms with Crippen LogP contribution in [0, 0.1) is 7.14 Å². The molecule has 8 heteroatoms. The molecule has 0 N–H and O–H groups in total. The van der Waals surface area contributed by atoms with Gasteiger partial charge in [-0.25, -0.2) is 0 Å². The van der Waals surface area contributed by atoms with E-state index in [4.69, 9.17) is 14.2 Å². The predicted octanol–water partition coefficient (Wildman–Crippen LogP) is 0.739. The van der Waals surface area contributed by atoms with Gasteiger partial charge in [0.1, 0.15) is 11.5 Å². The Morgan fingerprint density at radius 3 is 1.75 bits per heavy atom. The molecule has 0 unspecified atom stereocenters. The molecule has 0 bridgehead atoms. The van der Waals surface area contributed by atoms with E-state index in [9.17, 15) is 13.2 Å². The van der Waals surface area contributed by atoms with Crippen LogP contribution in [0.5, 0.6) is 23.0 Å². The zero-order valence-corrected chi connectivity index (χ0v) is 15.3. The van der Waals surface area contributed by atoms with Crippen molar-refractivity contribution in [3.63, 3.8) is 0 Å². The maximum Gasteiger partial charge on any atom is 0.573 e. The Bertz CT molecular complexity index is 662. The van der Waals surface area contributed by atoms with Crippen molar-refractivity contribution in [1.82, 2.24) is 0 Å². The smallest absolute Gasteiger partial charge is 0.496 e. The van der Waals surface area contributed by atoms with Crippen LogP contribution < -0.4 is 40.2 Å². The SMILES string of the molecule is COc1cc(OC)c([I+]c2ccc(OC(F)(F)F)cc2)c(OC)c1. The monoisotopic (exact) mass is 455 g/mol. The summed E-state index contributed by atoms with van der Waals surface area (Å²) in [6.45, 7) is 0. The Morgan fingerprint density at radius 1 is 0.792 bits per heavy atom. The topological polar surface area (TPSA) is 36.9 Å². The van der Waals surface area contributed by atoms with Gasteiger partial charge in [-0.15, -0.1) is 13.2 Å². The highest BCUT2D eigenvalue weighted by molar-refractivity contribution is 5.41. The second kappa shape index (κ2) is 7.82. The molecule has 24 heavy (non-hydrogen) atoms. The third-order valence-corrected chi connectivity index (χ3v) is 5.85. The predicted molar refractivity (Wildman–Crippen MR) is 76.6 cm³/mol. The van der Waals surface area contributed by atoms with Crippen molar-refractivity contribution in [2.75, 3.05) is 21.3 Å². The van der Waals surface area contributed by atoms with E-state index in [1.165, 1.54) is 12.1 Å². The molecule has 2 aromatic rings. The summed E-state index contributed by atoms with van der Waals surface area (Å²) in [5.74, 6) is 1.60. The molecule has 130 valence electrons. The van der Waals surface area contributed by atoms with Gasteiger partial charge >= 0.3 is 27.6 Å². The van der Waals surface area contributed by atoms with Gasteiger partial charge < -0.3 is 18.9 Å². The molecule has 0 heterocycles. The summed E-state index contributed by atoms with van der Waals surface area (Å²) < 4.78 is 58.2. The summed E-state index contributed by atoms with van der Waals surface area (Å²) in [7, 11) is 4.63. The van der Waals surface area contributed by atoms with Gasteiger partial charge in [-0.1, -0.05) is 0 Å². The molecule has 4 nitrogen and oxygen atoms in total. The van der Waals surface area contributed by atoms with Gasteiger partial charge in [0.15, 0.2) is 15.1 Å². The van der Waals surface area contributed by atoms with Crippen molar-refractivity contribution in [1.29, 1.82) is 0 Å². The molecule has 0 saturated heterocycles. The number of ether oxygens (including phenoxy) is 4. The zero-order chi connectivity index (χ0) is 17.7. The minimum absolute atomic E-state index is 0.246. The lowest BCUT2D eigenvalue weighted by molar-refractivity contribution is -0.598. The van der Waals surface area contributed by atoms with Crippen LogP contribution in [-0.4, -0.2) is 27.7 Å². The number of hydrogen-bond acceptors (Lipinski definition) is 4. The van der Waals surface area contributed by atoms with Crippen LogP contribution >= 0.6 is 0 Å². The quantitative estimate of drug-likeness (QED) is 0.603. The molecule has 2 rings (SSSR count). The maximum absolute atomic E-state index is 12.2. The Hall–Kier alpha value is -1.84. The van der Waals surface area contributed by atoms with E-state index in [1.54, 1.807) is 45.6 Å². The number of methoxy groups -OCH3 is 3. The van der Waals surface area contributed by atoms with Crippen LogP contribution in [-0.2, 0) is 0 Å². The largest absolute Gasteiger partial charge is 0.573 e. The summed E-state index contributed by atoms with van der Waals surface area (Å²) in [6.07, 6.45) is -4.70. The number of hydrogen-bond donors (Lipinski definition) is 0. The van der Waals surface area contributed by atoms with E-state index >= 15 is 0 Å². The average molecular weight is 455 g/mol. The molecule has 0 aromatic heterocycles. The van der Waals surface area contributed by atoms with E-state index in [2.05, 4.69) is 4.74 Å². The van der Waals surface area contributed by atoms with Crippen LogP contribution in [0.1, 0.15) is 0 Å². The Morgan fingerprint density at radius 2 is 1.33 bits per heavy atom. The first kappa shape index (κ1) is 18.5. The molecule has 0 fully saturated rings. The van der Waals surface area contributed by atoms with Gasteiger partial charge in [0.25, 0.3) is 3.57 Å². The lowest BCUT2D eigenvalue weighted by atomic mass is 10.3. The van der Waals surface area contributed by atoms with E-state index in [-0.39, 0.29) is 5.75 Å². The van der Waals surface area contributed by atoms with Crippen molar-refractivity contribution in [3.8, 4) is 23.0 Å². The Labute approximate surface area is 147 Å². The lowest BCUT2D eigenvalue weighted by Gasteiger charge is -2.09. The molecule has 0 radical (unpaired) electrons. The van der Waals surface area contributed by atoms with Crippen molar-refractivity contribution < 1.29 is 53.3 Å². The summed E-state index contributed by atoms with van der Waals surface area (Å²) >= 11 is -0.735. The van der Waals surface area contributed by atoms with Crippen molar-refractivity contribution in [2.45, 2.75) is 6.36 Å². The molecule has 0 atom stereocenters. The van der Waals surface area contributed by atoms with Crippen LogP contribution in [0.4, 0.5) is 13.2 Å². The van der Waals surface area contributed by atoms with Crippen molar-refractivity contribution >= 4 is 0 Å². The minimum atomic E-state index is -4.70. The molecule has 0 spiro atoms. The maximum atomic E-state index is 12.2. The fourth-order valence-electron chi connectivity index (χ4n) is 1.86. The molecular weight excluding hydrogens is 440 g/mol. The number of rotatable bonds is 6. The highest BCUT2D eigenvalue weighted by Crippen LogP contribution is 2.27. The van der Waals surface area contributed by atoms with E-state index < -0.39 is 27.6 Å². The second-order valence-electron chi connectivity index (χ2n) is 4.44. The summed E-state index contributed by atoms with van der Waals surface area (Å²) in [6, 6.07) is 9.31. The number of halogens is 4. The minimum Gasteiger partial charge on any atom is -0.496 e. The van der Waals surface area contributed by atoms with Crippen LogP contribution in [0.3, 0.4) is 0 Å². The molecule has 0 aliphatic carbocycles. The van der Waals surface area contributed by atoms with Crippen molar-refractivity contribution in [2.24, 2.45) is 0 Å². The first-order valence-corrected chi connectivity index (χ1v) is 8.82. The van der Waals surface area contributed by atoms with Crippen LogP contribution in [0.2, 0.25) is 0 Å². The van der Waals surface area contributed by atoms with Gasteiger partial charge in [-0.3, -0.25) is 0 Å². The summed E-state index contributed by atoms with van der Waals surface area (Å²) in [5, 5.41) is 0. The third kappa shape index (κ3) is 4.83.